The van der Waals surface area contributed by atoms with Gasteiger partial charge in [-0.05, 0) is 48.9 Å². The number of thiazole rings is 1. The van der Waals surface area contributed by atoms with Gasteiger partial charge in [0, 0.05) is 24.3 Å². The number of carbonyl (C=O) groups excluding carboxylic acids is 1. The number of rotatable bonds is 6. The highest BCUT2D eigenvalue weighted by Crippen LogP contribution is 2.32. The van der Waals surface area contributed by atoms with E-state index >= 15 is 0 Å². The van der Waals surface area contributed by atoms with Gasteiger partial charge >= 0.3 is 0 Å². The molecule has 1 aliphatic heterocycles. The standard InChI is InChI=1S/C22H21N5O2S3/c1-14-2-7-17-18(12-14)31-20(24-17)15-3-5-16(6-4-15)23-19(28)13-30-22-26-25-21(32-22)27-8-10-29-11-9-27/h2-7,12H,8-11,13H2,1H3,(H,23,28). The number of anilines is 2. The van der Waals surface area contributed by atoms with Crippen LogP contribution in [0, 0.1) is 6.92 Å². The number of ether oxygens (including phenoxy) is 1. The Morgan fingerprint density at radius 2 is 1.94 bits per heavy atom. The number of morpholine rings is 1. The van der Waals surface area contributed by atoms with Crippen molar-refractivity contribution < 1.29 is 9.53 Å². The van der Waals surface area contributed by atoms with Gasteiger partial charge < -0.3 is 15.0 Å². The molecule has 5 rings (SSSR count). The summed E-state index contributed by atoms with van der Waals surface area (Å²) in [6.45, 7) is 5.16. The van der Waals surface area contributed by atoms with E-state index in [1.807, 2.05) is 24.3 Å². The lowest BCUT2D eigenvalue weighted by Crippen LogP contribution is -2.36. The minimum absolute atomic E-state index is 0.0682. The van der Waals surface area contributed by atoms with E-state index < -0.39 is 0 Å². The molecular formula is C22H21N5O2S3. The Labute approximate surface area is 197 Å². The smallest absolute Gasteiger partial charge is 0.234 e. The molecule has 0 radical (unpaired) electrons. The first-order valence-corrected chi connectivity index (χ1v) is 12.8. The van der Waals surface area contributed by atoms with Crippen LogP contribution in [0.2, 0.25) is 0 Å². The number of thioether (sulfide) groups is 1. The summed E-state index contributed by atoms with van der Waals surface area (Å²) >= 11 is 4.60. The molecule has 0 bridgehead atoms. The lowest BCUT2D eigenvalue weighted by molar-refractivity contribution is -0.113. The third-order valence-corrected chi connectivity index (χ3v) is 8.15. The number of fused-ring (bicyclic) bond motifs is 1. The number of amides is 1. The summed E-state index contributed by atoms with van der Waals surface area (Å²) < 4.78 is 7.35. The lowest BCUT2D eigenvalue weighted by atomic mass is 10.2. The summed E-state index contributed by atoms with van der Waals surface area (Å²) in [5.74, 6) is 0.220. The summed E-state index contributed by atoms with van der Waals surface area (Å²) in [6.07, 6.45) is 0. The van der Waals surface area contributed by atoms with E-state index in [1.165, 1.54) is 33.4 Å². The normalized spacial score (nSPS) is 14.1. The molecular weight excluding hydrogens is 462 g/mol. The molecule has 0 atom stereocenters. The van der Waals surface area contributed by atoms with Gasteiger partial charge in [0.2, 0.25) is 11.0 Å². The second kappa shape index (κ2) is 9.53. The van der Waals surface area contributed by atoms with Gasteiger partial charge in [0.1, 0.15) is 5.01 Å². The first kappa shape index (κ1) is 21.3. The molecule has 7 nitrogen and oxygen atoms in total. The predicted molar refractivity (Wildman–Crippen MR) is 132 cm³/mol. The van der Waals surface area contributed by atoms with Crippen molar-refractivity contribution in [1.82, 2.24) is 15.2 Å². The highest BCUT2D eigenvalue weighted by Gasteiger charge is 2.16. The van der Waals surface area contributed by atoms with Crippen molar-refractivity contribution in [3.05, 3.63) is 48.0 Å². The van der Waals surface area contributed by atoms with Gasteiger partial charge in [0.25, 0.3) is 0 Å². The van der Waals surface area contributed by atoms with E-state index in [-0.39, 0.29) is 11.7 Å². The van der Waals surface area contributed by atoms with Crippen LogP contribution >= 0.6 is 34.4 Å². The fourth-order valence-corrected chi connectivity index (χ4v) is 6.08. The number of hydrogen-bond acceptors (Lipinski definition) is 9. The number of aryl methyl sites for hydroxylation is 1. The predicted octanol–water partition coefficient (Wildman–Crippen LogP) is 4.69. The van der Waals surface area contributed by atoms with Crippen LogP contribution in [-0.4, -0.2) is 53.1 Å². The summed E-state index contributed by atoms with van der Waals surface area (Å²) in [5.41, 5.74) is 4.05. The molecule has 0 spiro atoms. The summed E-state index contributed by atoms with van der Waals surface area (Å²) in [5, 5.41) is 13.3. The molecule has 4 aromatic rings. The molecule has 1 amide bonds. The third kappa shape index (κ3) is 4.93. The van der Waals surface area contributed by atoms with Crippen molar-refractivity contribution in [1.29, 1.82) is 0 Å². The Hall–Kier alpha value is -2.53. The van der Waals surface area contributed by atoms with Crippen LogP contribution in [-0.2, 0) is 9.53 Å². The molecule has 32 heavy (non-hydrogen) atoms. The number of carbonyl (C=O) groups is 1. The zero-order valence-electron chi connectivity index (χ0n) is 17.4. The Bertz CT molecular complexity index is 1230. The monoisotopic (exact) mass is 483 g/mol. The maximum Gasteiger partial charge on any atom is 0.234 e. The van der Waals surface area contributed by atoms with Crippen LogP contribution in [0.3, 0.4) is 0 Å². The molecule has 3 heterocycles. The van der Waals surface area contributed by atoms with Crippen LogP contribution in [0.4, 0.5) is 10.8 Å². The molecule has 1 fully saturated rings. The van der Waals surface area contributed by atoms with E-state index in [0.29, 0.717) is 13.2 Å². The van der Waals surface area contributed by atoms with E-state index in [1.54, 1.807) is 11.3 Å². The fourth-order valence-electron chi connectivity index (χ4n) is 3.32. The van der Waals surface area contributed by atoms with Crippen molar-refractivity contribution in [2.24, 2.45) is 0 Å². The Kier molecular flexibility index (Phi) is 6.35. The topological polar surface area (TPSA) is 80.2 Å². The molecule has 1 saturated heterocycles. The fraction of sp³-hybridized carbons (Fsp3) is 0.273. The third-order valence-electron chi connectivity index (χ3n) is 4.96. The average Bonchev–Trinajstić information content (AvgIpc) is 3.46. The second-order valence-corrected chi connectivity index (χ2v) is 10.6. The zero-order chi connectivity index (χ0) is 21.9. The van der Waals surface area contributed by atoms with Gasteiger partial charge in [0.05, 0.1) is 29.2 Å². The zero-order valence-corrected chi connectivity index (χ0v) is 19.9. The Morgan fingerprint density at radius 1 is 1.12 bits per heavy atom. The van der Waals surface area contributed by atoms with Crippen molar-refractivity contribution in [2.75, 3.05) is 42.3 Å². The molecule has 164 valence electrons. The van der Waals surface area contributed by atoms with E-state index in [9.17, 15) is 4.79 Å². The van der Waals surface area contributed by atoms with Crippen molar-refractivity contribution in [3.8, 4) is 10.6 Å². The molecule has 1 N–H and O–H groups in total. The van der Waals surface area contributed by atoms with Gasteiger partial charge in [-0.15, -0.1) is 21.5 Å². The first-order valence-electron chi connectivity index (χ1n) is 10.2. The van der Waals surface area contributed by atoms with E-state index in [0.717, 1.165) is 44.3 Å². The number of nitrogens with zero attached hydrogens (tertiary/aromatic N) is 4. The van der Waals surface area contributed by atoms with Crippen molar-refractivity contribution >= 4 is 61.4 Å². The molecule has 1 aliphatic rings. The van der Waals surface area contributed by atoms with Crippen molar-refractivity contribution in [3.63, 3.8) is 0 Å². The summed E-state index contributed by atoms with van der Waals surface area (Å²) in [4.78, 5) is 19.3. The largest absolute Gasteiger partial charge is 0.378 e. The number of aromatic nitrogens is 3. The average molecular weight is 484 g/mol. The SMILES string of the molecule is Cc1ccc2nc(-c3ccc(NC(=O)CSc4nnc(N5CCOCC5)s4)cc3)sc2c1. The number of hydrogen-bond donors (Lipinski definition) is 1. The van der Waals surface area contributed by atoms with E-state index in [4.69, 9.17) is 9.72 Å². The molecule has 2 aromatic heterocycles. The number of benzene rings is 2. The molecule has 10 heteroatoms. The Morgan fingerprint density at radius 3 is 2.75 bits per heavy atom. The maximum absolute atomic E-state index is 12.4. The van der Waals surface area contributed by atoms with E-state index in [2.05, 4.69) is 45.5 Å². The quantitative estimate of drug-likeness (QED) is 0.399. The Balaban J connectivity index is 1.16. The minimum Gasteiger partial charge on any atom is -0.378 e. The second-order valence-electron chi connectivity index (χ2n) is 7.35. The lowest BCUT2D eigenvalue weighted by Gasteiger charge is -2.25. The van der Waals surface area contributed by atoms with Crippen LogP contribution in [0.25, 0.3) is 20.8 Å². The first-order chi connectivity index (χ1) is 15.6. The van der Waals surface area contributed by atoms with Gasteiger partial charge in [0.15, 0.2) is 4.34 Å². The van der Waals surface area contributed by atoms with Gasteiger partial charge in [-0.2, -0.15) is 0 Å². The van der Waals surface area contributed by atoms with Crippen LogP contribution < -0.4 is 10.2 Å². The maximum atomic E-state index is 12.4. The van der Waals surface area contributed by atoms with Crippen LogP contribution in [0.1, 0.15) is 5.56 Å². The minimum atomic E-state index is -0.0682. The van der Waals surface area contributed by atoms with Crippen LogP contribution in [0.15, 0.2) is 46.8 Å². The molecule has 0 unspecified atom stereocenters. The van der Waals surface area contributed by atoms with Gasteiger partial charge in [-0.3, -0.25) is 4.79 Å². The summed E-state index contributed by atoms with van der Waals surface area (Å²) in [7, 11) is 0. The summed E-state index contributed by atoms with van der Waals surface area (Å²) in [6, 6.07) is 14.1. The van der Waals surface area contributed by atoms with Gasteiger partial charge in [-0.25, -0.2) is 4.98 Å². The molecule has 2 aromatic carbocycles. The van der Waals surface area contributed by atoms with Gasteiger partial charge in [-0.1, -0.05) is 29.2 Å². The molecule has 0 aliphatic carbocycles. The van der Waals surface area contributed by atoms with Crippen molar-refractivity contribution in [2.45, 2.75) is 11.3 Å². The van der Waals surface area contributed by atoms with Crippen LogP contribution in [0.5, 0.6) is 0 Å². The number of nitrogens with one attached hydrogen (secondary N) is 1. The molecule has 0 saturated carbocycles. The highest BCUT2D eigenvalue weighted by atomic mass is 32.2. The highest BCUT2D eigenvalue weighted by molar-refractivity contribution is 8.01.